The first-order valence-electron chi connectivity index (χ1n) is 7.13. The molecule has 5 nitrogen and oxygen atoms in total. The summed E-state index contributed by atoms with van der Waals surface area (Å²) in [5.74, 6) is -1.41. The molecule has 3 rings (SSSR count). The Labute approximate surface area is 172 Å². The van der Waals surface area contributed by atoms with E-state index >= 15 is 0 Å². The standard InChI is InChI=1S/C17H9BrCl2N2O3S/c18-9-1-4-14(23)8(5-9)6-11-15(24)21-17(26)22(16(11)25)13-3-2-10(19)7-12(13)20/h1-7,23H,(H,21,24,26)/b11-6-. The van der Waals surface area contributed by atoms with Gasteiger partial charge in [0.1, 0.15) is 11.3 Å². The zero-order valence-electron chi connectivity index (χ0n) is 12.8. The lowest BCUT2D eigenvalue weighted by atomic mass is 10.1. The van der Waals surface area contributed by atoms with E-state index in [0.29, 0.717) is 15.1 Å². The lowest BCUT2D eigenvalue weighted by molar-refractivity contribution is -0.122. The molecular formula is C17H9BrCl2N2O3S. The SMILES string of the molecule is O=C1NC(=S)N(c2ccc(Cl)cc2Cl)C(=O)/C1=C\c1cc(Br)ccc1O. The molecule has 0 atom stereocenters. The van der Waals surface area contributed by atoms with Crippen LogP contribution in [0.1, 0.15) is 5.56 Å². The van der Waals surface area contributed by atoms with Crippen molar-refractivity contribution in [1.29, 1.82) is 0 Å². The average Bonchev–Trinajstić information content (AvgIpc) is 2.56. The molecule has 0 aliphatic carbocycles. The molecule has 0 bridgehead atoms. The maximum absolute atomic E-state index is 12.9. The van der Waals surface area contributed by atoms with Gasteiger partial charge in [-0.1, -0.05) is 39.1 Å². The number of nitrogens with one attached hydrogen (secondary N) is 1. The molecule has 2 amide bonds. The third-order valence-corrected chi connectivity index (χ3v) is 4.86. The number of phenolic OH excluding ortho intramolecular Hbond substituents is 1. The number of hydrogen-bond donors (Lipinski definition) is 2. The van der Waals surface area contributed by atoms with E-state index in [1.807, 2.05) is 0 Å². The van der Waals surface area contributed by atoms with E-state index < -0.39 is 11.8 Å². The Bertz CT molecular complexity index is 994. The largest absolute Gasteiger partial charge is 0.507 e. The van der Waals surface area contributed by atoms with Crippen LogP contribution in [-0.2, 0) is 9.59 Å². The van der Waals surface area contributed by atoms with E-state index in [1.54, 1.807) is 18.2 Å². The van der Waals surface area contributed by atoms with Gasteiger partial charge < -0.3 is 5.11 Å². The van der Waals surface area contributed by atoms with Crippen molar-refractivity contribution < 1.29 is 14.7 Å². The minimum atomic E-state index is -0.666. The minimum absolute atomic E-state index is 0.0782. The van der Waals surface area contributed by atoms with E-state index in [-0.39, 0.29) is 27.1 Å². The second kappa shape index (κ2) is 7.36. The summed E-state index contributed by atoms with van der Waals surface area (Å²) in [7, 11) is 0. The van der Waals surface area contributed by atoms with Gasteiger partial charge in [0.25, 0.3) is 11.8 Å². The van der Waals surface area contributed by atoms with Crippen LogP contribution >= 0.6 is 51.3 Å². The van der Waals surface area contributed by atoms with Crippen LogP contribution in [0.2, 0.25) is 10.0 Å². The highest BCUT2D eigenvalue weighted by molar-refractivity contribution is 9.10. The van der Waals surface area contributed by atoms with Crippen molar-refractivity contribution in [1.82, 2.24) is 5.32 Å². The number of nitrogens with zero attached hydrogens (tertiary/aromatic N) is 1. The Kier molecular flexibility index (Phi) is 5.34. The highest BCUT2D eigenvalue weighted by Crippen LogP contribution is 2.32. The molecule has 1 aliphatic heterocycles. The summed E-state index contributed by atoms with van der Waals surface area (Å²) in [6.07, 6.45) is 1.29. The van der Waals surface area contributed by atoms with Gasteiger partial charge in [-0.05, 0) is 54.7 Å². The van der Waals surface area contributed by atoms with Crippen molar-refractivity contribution in [2.45, 2.75) is 0 Å². The van der Waals surface area contributed by atoms with E-state index in [9.17, 15) is 14.7 Å². The molecule has 1 heterocycles. The molecule has 1 saturated heterocycles. The zero-order valence-corrected chi connectivity index (χ0v) is 16.7. The van der Waals surface area contributed by atoms with E-state index in [0.717, 1.165) is 4.90 Å². The van der Waals surface area contributed by atoms with Crippen LogP contribution in [0.15, 0.2) is 46.4 Å². The van der Waals surface area contributed by atoms with Crippen molar-refractivity contribution in [3.05, 3.63) is 62.1 Å². The van der Waals surface area contributed by atoms with Gasteiger partial charge in [-0.25, -0.2) is 0 Å². The number of carbonyl (C=O) groups is 2. The summed E-state index contributed by atoms with van der Waals surface area (Å²) >= 11 is 20.4. The number of phenols is 1. The molecule has 0 radical (unpaired) electrons. The van der Waals surface area contributed by atoms with Gasteiger partial charge in [0, 0.05) is 15.1 Å². The number of carbonyl (C=O) groups excluding carboxylic acids is 2. The predicted octanol–water partition coefficient (Wildman–Crippen LogP) is 4.29. The van der Waals surface area contributed by atoms with Crippen LogP contribution < -0.4 is 10.2 Å². The molecule has 26 heavy (non-hydrogen) atoms. The molecule has 0 saturated carbocycles. The normalized spacial score (nSPS) is 16.2. The Morgan fingerprint density at radius 2 is 1.88 bits per heavy atom. The van der Waals surface area contributed by atoms with Gasteiger partial charge in [0.2, 0.25) is 0 Å². The minimum Gasteiger partial charge on any atom is -0.507 e. The Balaban J connectivity index is 2.08. The van der Waals surface area contributed by atoms with Crippen molar-refractivity contribution in [3.63, 3.8) is 0 Å². The highest BCUT2D eigenvalue weighted by atomic mass is 79.9. The quantitative estimate of drug-likeness (QED) is 0.389. The molecule has 132 valence electrons. The lowest BCUT2D eigenvalue weighted by Crippen LogP contribution is -2.54. The van der Waals surface area contributed by atoms with Crippen molar-refractivity contribution in [3.8, 4) is 5.75 Å². The summed E-state index contributed by atoms with van der Waals surface area (Å²) in [6.45, 7) is 0. The number of aromatic hydroxyl groups is 1. The summed E-state index contributed by atoms with van der Waals surface area (Å²) in [5, 5.41) is 12.9. The van der Waals surface area contributed by atoms with Crippen LogP contribution in [0.5, 0.6) is 5.75 Å². The Morgan fingerprint density at radius 1 is 1.15 bits per heavy atom. The van der Waals surface area contributed by atoms with Gasteiger partial charge in [0.15, 0.2) is 5.11 Å². The van der Waals surface area contributed by atoms with Crippen LogP contribution in [0.3, 0.4) is 0 Å². The highest BCUT2D eigenvalue weighted by Gasteiger charge is 2.35. The van der Waals surface area contributed by atoms with Gasteiger partial charge >= 0.3 is 0 Å². The van der Waals surface area contributed by atoms with Gasteiger partial charge in [-0.3, -0.25) is 19.8 Å². The lowest BCUT2D eigenvalue weighted by Gasteiger charge is -2.29. The molecule has 9 heteroatoms. The smallest absolute Gasteiger partial charge is 0.270 e. The van der Waals surface area contributed by atoms with Gasteiger partial charge in [0.05, 0.1) is 10.7 Å². The van der Waals surface area contributed by atoms with Crippen LogP contribution in [-0.4, -0.2) is 22.0 Å². The van der Waals surface area contributed by atoms with Gasteiger partial charge in [-0.15, -0.1) is 0 Å². The number of hydrogen-bond acceptors (Lipinski definition) is 4. The molecule has 2 N–H and O–H groups in total. The second-order valence-corrected chi connectivity index (χ2v) is 7.40. The number of thiocarbonyl (C=S) groups is 1. The first-order valence-corrected chi connectivity index (χ1v) is 9.08. The molecule has 0 aromatic heterocycles. The van der Waals surface area contributed by atoms with Crippen molar-refractivity contribution >= 4 is 80.0 Å². The fraction of sp³-hybridized carbons (Fsp3) is 0. The summed E-state index contributed by atoms with van der Waals surface area (Å²) in [4.78, 5) is 26.3. The average molecular weight is 472 g/mol. The molecule has 2 aromatic rings. The fourth-order valence-corrected chi connectivity index (χ4v) is 3.48. The third kappa shape index (κ3) is 3.61. The maximum Gasteiger partial charge on any atom is 0.270 e. The maximum atomic E-state index is 12.9. The van der Waals surface area contributed by atoms with Crippen LogP contribution in [0.4, 0.5) is 5.69 Å². The van der Waals surface area contributed by atoms with Gasteiger partial charge in [-0.2, -0.15) is 0 Å². The summed E-state index contributed by atoms with van der Waals surface area (Å²) in [5.41, 5.74) is 0.390. The topological polar surface area (TPSA) is 69.6 Å². The number of amides is 2. The number of rotatable bonds is 2. The van der Waals surface area contributed by atoms with Crippen LogP contribution in [0, 0.1) is 0 Å². The molecule has 1 fully saturated rings. The van der Waals surface area contributed by atoms with E-state index in [1.165, 1.54) is 24.3 Å². The number of anilines is 1. The number of benzene rings is 2. The fourth-order valence-electron chi connectivity index (χ4n) is 2.34. The number of halogens is 3. The molecule has 0 spiro atoms. The summed E-state index contributed by atoms with van der Waals surface area (Å²) < 4.78 is 0.680. The monoisotopic (exact) mass is 470 g/mol. The Morgan fingerprint density at radius 3 is 2.58 bits per heavy atom. The first-order chi connectivity index (χ1) is 12.3. The second-order valence-electron chi connectivity index (χ2n) is 5.26. The first kappa shape index (κ1) is 18.8. The molecule has 2 aromatic carbocycles. The zero-order chi connectivity index (χ0) is 19.0. The third-order valence-electron chi connectivity index (χ3n) is 3.54. The van der Waals surface area contributed by atoms with E-state index in [2.05, 4.69) is 21.2 Å². The van der Waals surface area contributed by atoms with Crippen molar-refractivity contribution in [2.75, 3.05) is 4.90 Å². The van der Waals surface area contributed by atoms with Crippen molar-refractivity contribution in [2.24, 2.45) is 0 Å². The molecular weight excluding hydrogens is 463 g/mol. The molecule has 1 aliphatic rings. The summed E-state index contributed by atoms with van der Waals surface area (Å²) in [6, 6.07) is 9.21. The predicted molar refractivity (Wildman–Crippen MR) is 108 cm³/mol. The Hall–Kier alpha value is -1.93. The van der Waals surface area contributed by atoms with Crippen LogP contribution in [0.25, 0.3) is 6.08 Å². The molecule has 0 unspecified atom stereocenters. The van der Waals surface area contributed by atoms with E-state index in [4.69, 9.17) is 35.4 Å².